The number of rotatable bonds is 4. The normalized spacial score (nSPS) is 10.2. The summed E-state index contributed by atoms with van der Waals surface area (Å²) in [6.45, 7) is 1.94. The zero-order chi connectivity index (χ0) is 10.6. The highest BCUT2D eigenvalue weighted by molar-refractivity contribution is 6.30. The third-order valence-corrected chi connectivity index (χ3v) is 2.22. The lowest BCUT2D eigenvalue weighted by atomic mass is 10.1. The molecule has 0 unspecified atom stereocenters. The van der Waals surface area contributed by atoms with Crippen LogP contribution < -0.4 is 0 Å². The summed E-state index contributed by atoms with van der Waals surface area (Å²) in [5.74, 6) is -0.331. The minimum absolute atomic E-state index is 0.0942. The van der Waals surface area contributed by atoms with Gasteiger partial charge in [-0.2, -0.15) is 0 Å². The topological polar surface area (TPSA) is 17.1 Å². The molecule has 0 amide bonds. The number of benzene rings is 1. The van der Waals surface area contributed by atoms with Gasteiger partial charge in [0.2, 0.25) is 0 Å². The van der Waals surface area contributed by atoms with Gasteiger partial charge in [0.05, 0.1) is 5.02 Å². The van der Waals surface area contributed by atoms with Gasteiger partial charge in [0.25, 0.3) is 0 Å². The van der Waals surface area contributed by atoms with Gasteiger partial charge in [-0.3, -0.25) is 4.79 Å². The lowest BCUT2D eigenvalue weighted by Gasteiger charge is -2.01. The minimum atomic E-state index is -0.464. The second-order valence-corrected chi connectivity index (χ2v) is 3.62. The van der Waals surface area contributed by atoms with Gasteiger partial charge in [0.1, 0.15) is 11.6 Å². The molecule has 0 aliphatic carbocycles. The first-order chi connectivity index (χ1) is 6.63. The Morgan fingerprint density at radius 2 is 2.21 bits per heavy atom. The van der Waals surface area contributed by atoms with Crippen LogP contribution in [0.2, 0.25) is 5.02 Å². The molecule has 0 N–H and O–H groups in total. The van der Waals surface area contributed by atoms with Crippen molar-refractivity contribution in [2.75, 3.05) is 0 Å². The number of hydrogen-bond donors (Lipinski definition) is 0. The highest BCUT2D eigenvalue weighted by atomic mass is 35.5. The number of Topliss-reactive ketones (excluding diaryl/α,β-unsaturated/α-hetero) is 1. The fourth-order valence-corrected chi connectivity index (χ4v) is 1.36. The van der Waals surface area contributed by atoms with Gasteiger partial charge >= 0.3 is 0 Å². The van der Waals surface area contributed by atoms with E-state index in [1.807, 2.05) is 6.92 Å². The van der Waals surface area contributed by atoms with E-state index >= 15 is 0 Å². The van der Waals surface area contributed by atoms with Crippen molar-refractivity contribution in [3.63, 3.8) is 0 Å². The Bertz CT molecular complexity index is 336. The molecule has 0 saturated carbocycles. The fraction of sp³-hybridized carbons (Fsp3) is 0.364. The second kappa shape index (κ2) is 5.11. The van der Waals surface area contributed by atoms with Gasteiger partial charge in [-0.15, -0.1) is 0 Å². The molecule has 14 heavy (non-hydrogen) atoms. The maximum atomic E-state index is 13.0. The zero-order valence-corrected chi connectivity index (χ0v) is 8.77. The van der Waals surface area contributed by atoms with E-state index in [1.54, 1.807) is 6.07 Å². The van der Waals surface area contributed by atoms with Crippen LogP contribution in [-0.2, 0) is 11.2 Å². The summed E-state index contributed by atoms with van der Waals surface area (Å²) in [5.41, 5.74) is 0.686. The summed E-state index contributed by atoms with van der Waals surface area (Å²) < 4.78 is 13.0. The van der Waals surface area contributed by atoms with Crippen LogP contribution in [0.5, 0.6) is 0 Å². The Morgan fingerprint density at radius 1 is 1.50 bits per heavy atom. The monoisotopic (exact) mass is 214 g/mol. The molecule has 1 aromatic carbocycles. The molecule has 0 bridgehead atoms. The summed E-state index contributed by atoms with van der Waals surface area (Å²) in [6.07, 6.45) is 1.67. The third kappa shape index (κ3) is 3.11. The van der Waals surface area contributed by atoms with Gasteiger partial charge in [0.15, 0.2) is 0 Å². The molecule has 0 fully saturated rings. The molecule has 0 spiro atoms. The van der Waals surface area contributed by atoms with E-state index in [0.717, 1.165) is 6.42 Å². The van der Waals surface area contributed by atoms with Crippen molar-refractivity contribution < 1.29 is 9.18 Å². The van der Waals surface area contributed by atoms with Crippen molar-refractivity contribution in [3.8, 4) is 0 Å². The van der Waals surface area contributed by atoms with E-state index in [4.69, 9.17) is 11.6 Å². The molecule has 0 heterocycles. The lowest BCUT2D eigenvalue weighted by Crippen LogP contribution is -2.01. The number of ketones is 1. The van der Waals surface area contributed by atoms with Crippen molar-refractivity contribution in [2.24, 2.45) is 0 Å². The van der Waals surface area contributed by atoms with Crippen LogP contribution in [0, 0.1) is 5.82 Å². The molecule has 3 heteroatoms. The Morgan fingerprint density at radius 3 is 2.79 bits per heavy atom. The predicted molar refractivity (Wildman–Crippen MR) is 55.0 cm³/mol. The van der Waals surface area contributed by atoms with Gasteiger partial charge in [-0.25, -0.2) is 4.39 Å². The van der Waals surface area contributed by atoms with E-state index in [2.05, 4.69) is 0 Å². The SMILES string of the molecule is CCCC(=O)Cc1ccc(Cl)c(F)c1. The van der Waals surface area contributed by atoms with Gasteiger partial charge in [-0.05, 0) is 24.1 Å². The average Bonchev–Trinajstić information content (AvgIpc) is 2.12. The molecular formula is C11H12ClFO. The molecule has 1 nitrogen and oxygen atoms in total. The Labute approximate surface area is 87.9 Å². The molecule has 0 saturated heterocycles. The summed E-state index contributed by atoms with van der Waals surface area (Å²) in [4.78, 5) is 11.3. The number of hydrogen-bond acceptors (Lipinski definition) is 1. The van der Waals surface area contributed by atoms with Crippen LogP contribution in [0.4, 0.5) is 4.39 Å². The van der Waals surface area contributed by atoms with E-state index in [-0.39, 0.29) is 10.8 Å². The molecular weight excluding hydrogens is 203 g/mol. The summed E-state index contributed by atoms with van der Waals surface area (Å²) in [5, 5.41) is 0.0942. The van der Waals surface area contributed by atoms with Crippen LogP contribution in [0.3, 0.4) is 0 Å². The van der Waals surface area contributed by atoms with Gasteiger partial charge in [-0.1, -0.05) is 24.6 Å². The van der Waals surface area contributed by atoms with Crippen LogP contribution in [0.1, 0.15) is 25.3 Å². The fourth-order valence-electron chi connectivity index (χ4n) is 1.24. The zero-order valence-electron chi connectivity index (χ0n) is 8.02. The summed E-state index contributed by atoms with van der Waals surface area (Å²) in [6, 6.07) is 4.47. The van der Waals surface area contributed by atoms with Crippen molar-refractivity contribution in [1.82, 2.24) is 0 Å². The van der Waals surface area contributed by atoms with Crippen LogP contribution in [0.15, 0.2) is 18.2 Å². The molecule has 76 valence electrons. The van der Waals surface area contributed by atoms with Crippen molar-refractivity contribution >= 4 is 17.4 Å². The highest BCUT2D eigenvalue weighted by Crippen LogP contribution is 2.16. The maximum absolute atomic E-state index is 13.0. The molecule has 1 aromatic rings. The maximum Gasteiger partial charge on any atom is 0.142 e. The molecule has 0 aliphatic heterocycles. The average molecular weight is 215 g/mol. The van der Waals surface area contributed by atoms with E-state index in [9.17, 15) is 9.18 Å². The smallest absolute Gasteiger partial charge is 0.142 e. The molecule has 1 rings (SSSR count). The van der Waals surface area contributed by atoms with Crippen molar-refractivity contribution in [1.29, 1.82) is 0 Å². The summed E-state index contributed by atoms with van der Waals surface area (Å²) >= 11 is 5.52. The van der Waals surface area contributed by atoms with Crippen LogP contribution in [-0.4, -0.2) is 5.78 Å². The Hall–Kier alpha value is -0.890. The highest BCUT2D eigenvalue weighted by Gasteiger charge is 2.05. The predicted octanol–water partition coefficient (Wildman–Crippen LogP) is 3.39. The number of halogens is 2. The second-order valence-electron chi connectivity index (χ2n) is 3.21. The first-order valence-electron chi connectivity index (χ1n) is 4.59. The third-order valence-electron chi connectivity index (χ3n) is 1.91. The standard InChI is InChI=1S/C11H12ClFO/c1-2-3-9(14)6-8-4-5-10(12)11(13)7-8/h4-5,7H,2-3,6H2,1H3. The molecule has 0 aromatic heterocycles. The van der Waals surface area contributed by atoms with Gasteiger partial charge in [0, 0.05) is 12.8 Å². The van der Waals surface area contributed by atoms with Crippen LogP contribution >= 0.6 is 11.6 Å². The van der Waals surface area contributed by atoms with E-state index in [0.29, 0.717) is 18.4 Å². The van der Waals surface area contributed by atoms with E-state index < -0.39 is 5.82 Å². The Kier molecular flexibility index (Phi) is 4.08. The lowest BCUT2D eigenvalue weighted by molar-refractivity contribution is -0.118. The number of carbonyl (C=O) groups excluding carboxylic acids is 1. The first-order valence-corrected chi connectivity index (χ1v) is 4.97. The largest absolute Gasteiger partial charge is 0.299 e. The molecule has 0 atom stereocenters. The van der Waals surface area contributed by atoms with Crippen LogP contribution in [0.25, 0.3) is 0 Å². The van der Waals surface area contributed by atoms with Gasteiger partial charge < -0.3 is 0 Å². The quantitative estimate of drug-likeness (QED) is 0.751. The molecule has 0 radical (unpaired) electrons. The first kappa shape index (κ1) is 11.2. The number of carbonyl (C=O) groups is 1. The summed E-state index contributed by atoms with van der Waals surface area (Å²) in [7, 11) is 0. The van der Waals surface area contributed by atoms with Crippen molar-refractivity contribution in [3.05, 3.63) is 34.6 Å². The molecule has 0 aliphatic rings. The Balaban J connectivity index is 2.68. The van der Waals surface area contributed by atoms with Crippen molar-refractivity contribution in [2.45, 2.75) is 26.2 Å². The minimum Gasteiger partial charge on any atom is -0.299 e. The van der Waals surface area contributed by atoms with E-state index in [1.165, 1.54) is 12.1 Å².